The van der Waals surface area contributed by atoms with Crippen LogP contribution in [0.15, 0.2) is 56.8 Å². The van der Waals surface area contributed by atoms with E-state index in [1.807, 2.05) is 6.07 Å². The zero-order chi connectivity index (χ0) is 25.2. The number of nitriles is 1. The number of aliphatic hydroxyl groups is 1. The number of hydrogen-bond donors (Lipinski definition) is 3. The zero-order valence-electron chi connectivity index (χ0n) is 19.1. The van der Waals surface area contributed by atoms with Crippen LogP contribution in [0.25, 0.3) is 11.8 Å². The number of carbonyl (C=O) groups excluding carboxylic acids is 1. The van der Waals surface area contributed by atoms with Gasteiger partial charge in [0.25, 0.3) is 21.6 Å². The standard InChI is InChI=1S/C22H20N4O7S.K/c1-13-17(4-3-5-18-14(2)24-25(10-11-27)20(18)28)21(29)26(22(30)19(13)12-23)15-6-8-16(9-7-15)34(31,32)33;/h3-9,27,29H,10-11H2,1-2H3,(H,31,32,33);. The van der Waals surface area contributed by atoms with Crippen LogP contribution in [0.2, 0.25) is 0 Å². The second-order valence-electron chi connectivity index (χ2n) is 7.24. The van der Waals surface area contributed by atoms with E-state index < -0.39 is 32.4 Å². The van der Waals surface area contributed by atoms with Crippen molar-refractivity contribution < 1.29 is 28.0 Å². The van der Waals surface area contributed by atoms with Gasteiger partial charge < -0.3 is 10.2 Å². The number of hydrazone groups is 1. The molecule has 1 amide bonds. The van der Waals surface area contributed by atoms with Gasteiger partial charge in [0.05, 0.1) is 35.0 Å². The normalized spacial score (nSPS) is 14.8. The predicted octanol–water partition coefficient (Wildman–Crippen LogP) is 0.739. The molecule has 0 atom stereocenters. The molecule has 0 bridgehead atoms. The van der Waals surface area contributed by atoms with Crippen molar-refractivity contribution >= 4 is 79.2 Å². The maximum atomic E-state index is 12.8. The molecular weight excluding hydrogens is 503 g/mol. The number of carbonyl (C=O) groups is 1. The number of aromatic hydroxyl groups is 1. The van der Waals surface area contributed by atoms with Gasteiger partial charge in [-0.15, -0.1) is 0 Å². The van der Waals surface area contributed by atoms with Crippen LogP contribution in [-0.4, -0.2) is 109 Å². The van der Waals surface area contributed by atoms with E-state index in [2.05, 4.69) is 5.10 Å². The zero-order valence-corrected chi connectivity index (χ0v) is 23.1. The summed E-state index contributed by atoms with van der Waals surface area (Å²) in [7, 11) is -4.46. The summed E-state index contributed by atoms with van der Waals surface area (Å²) in [5, 5.41) is 34.6. The molecule has 1 aromatic carbocycles. The van der Waals surface area contributed by atoms with E-state index in [0.29, 0.717) is 5.71 Å². The largest absolute Gasteiger partial charge is 0.494 e. The number of allylic oxidation sites excluding steroid dienone is 2. The maximum Gasteiger partial charge on any atom is 0.294 e. The van der Waals surface area contributed by atoms with E-state index in [1.54, 1.807) is 6.92 Å². The van der Waals surface area contributed by atoms with Crippen LogP contribution >= 0.6 is 0 Å². The van der Waals surface area contributed by atoms with Crippen LogP contribution in [0.5, 0.6) is 5.88 Å². The van der Waals surface area contributed by atoms with Crippen LogP contribution < -0.4 is 5.56 Å². The Morgan fingerprint density at radius 2 is 1.80 bits per heavy atom. The molecule has 0 aliphatic carbocycles. The first-order valence-electron chi connectivity index (χ1n) is 9.84. The Bertz CT molecular complexity index is 1470. The Kier molecular flexibility index (Phi) is 9.51. The number of hydrogen-bond acceptors (Lipinski definition) is 8. The van der Waals surface area contributed by atoms with Crippen molar-refractivity contribution in [2.45, 2.75) is 18.7 Å². The third-order valence-corrected chi connectivity index (χ3v) is 5.98. The van der Waals surface area contributed by atoms with Crippen molar-refractivity contribution in [2.75, 3.05) is 13.2 Å². The number of aromatic nitrogens is 1. The Morgan fingerprint density at radius 1 is 1.17 bits per heavy atom. The number of benzene rings is 1. The average Bonchev–Trinajstić information content (AvgIpc) is 3.03. The summed E-state index contributed by atoms with van der Waals surface area (Å²) in [5.74, 6) is -0.917. The first kappa shape index (κ1) is 28.8. The summed E-state index contributed by atoms with van der Waals surface area (Å²) in [4.78, 5) is 24.8. The first-order chi connectivity index (χ1) is 16.0. The van der Waals surface area contributed by atoms with Gasteiger partial charge in [0.1, 0.15) is 11.6 Å². The second kappa shape index (κ2) is 11.5. The average molecular weight is 524 g/mol. The van der Waals surface area contributed by atoms with Crippen LogP contribution in [0.1, 0.15) is 23.6 Å². The monoisotopic (exact) mass is 523 g/mol. The predicted molar refractivity (Wildman–Crippen MR) is 128 cm³/mol. The number of pyridine rings is 1. The summed E-state index contributed by atoms with van der Waals surface area (Å²) in [6.07, 6.45) is 4.32. The summed E-state index contributed by atoms with van der Waals surface area (Å²) in [6.45, 7) is 2.91. The van der Waals surface area contributed by atoms with Crippen LogP contribution in [0.3, 0.4) is 0 Å². The van der Waals surface area contributed by atoms with E-state index in [9.17, 15) is 28.4 Å². The van der Waals surface area contributed by atoms with Gasteiger partial charge in [-0.1, -0.05) is 6.08 Å². The topological polar surface area (TPSA) is 173 Å². The van der Waals surface area contributed by atoms with Crippen LogP contribution in [0, 0.1) is 18.3 Å². The molecular formula is C22H20KN4O7S. The molecule has 2 heterocycles. The molecule has 3 rings (SSSR count). The number of nitrogens with zero attached hydrogens (tertiary/aromatic N) is 4. The first-order valence-corrected chi connectivity index (χ1v) is 11.3. The van der Waals surface area contributed by atoms with E-state index in [4.69, 9.17) is 9.66 Å². The van der Waals surface area contributed by atoms with Gasteiger partial charge in [0, 0.05) is 56.9 Å². The van der Waals surface area contributed by atoms with Crippen molar-refractivity contribution in [3.8, 4) is 17.6 Å². The van der Waals surface area contributed by atoms with Gasteiger partial charge in [-0.2, -0.15) is 18.8 Å². The molecule has 1 aliphatic rings. The summed E-state index contributed by atoms with van der Waals surface area (Å²) >= 11 is 0. The van der Waals surface area contributed by atoms with E-state index in [1.165, 1.54) is 37.3 Å². The SMILES string of the molecule is CC1=NN(CCO)C(=O)C1=CC=Cc1c(C)c(C#N)c(=O)n(-c2ccc(S(=O)(=O)O)cc2)c1O.[K]. The third-order valence-electron chi connectivity index (χ3n) is 5.12. The van der Waals surface area contributed by atoms with Gasteiger partial charge in [0.15, 0.2) is 0 Å². The Morgan fingerprint density at radius 3 is 2.34 bits per heavy atom. The number of amides is 1. The van der Waals surface area contributed by atoms with Gasteiger partial charge in [-0.3, -0.25) is 14.1 Å². The fraction of sp³-hybridized carbons (Fsp3) is 0.182. The smallest absolute Gasteiger partial charge is 0.294 e. The van der Waals surface area contributed by atoms with Crippen LogP contribution in [-0.2, 0) is 14.9 Å². The molecule has 3 N–H and O–H groups in total. The van der Waals surface area contributed by atoms with Crippen molar-refractivity contribution in [3.63, 3.8) is 0 Å². The van der Waals surface area contributed by atoms with Crippen molar-refractivity contribution in [3.05, 3.63) is 69.0 Å². The quantitative estimate of drug-likeness (QED) is 0.282. The molecule has 13 heteroatoms. The maximum absolute atomic E-state index is 12.8. The fourth-order valence-electron chi connectivity index (χ4n) is 3.38. The summed E-state index contributed by atoms with van der Waals surface area (Å²) in [5.41, 5.74) is 0.0405. The van der Waals surface area contributed by atoms with Gasteiger partial charge in [-0.05, 0) is 55.8 Å². The Hall–Kier alpha value is -2.41. The van der Waals surface area contributed by atoms with Crippen molar-refractivity contribution in [1.82, 2.24) is 9.58 Å². The number of rotatable bonds is 6. The van der Waals surface area contributed by atoms with Gasteiger partial charge in [-0.25, -0.2) is 9.58 Å². The molecule has 35 heavy (non-hydrogen) atoms. The fourth-order valence-corrected chi connectivity index (χ4v) is 3.86. The molecule has 1 aliphatic heterocycles. The van der Waals surface area contributed by atoms with E-state index in [-0.39, 0.29) is 92.5 Å². The molecule has 0 unspecified atom stereocenters. The molecule has 177 valence electrons. The van der Waals surface area contributed by atoms with Gasteiger partial charge in [0.2, 0.25) is 5.88 Å². The molecule has 1 radical (unpaired) electrons. The Labute approximate surface area is 243 Å². The number of β-amino-alcohol motifs (C(OH)–C–C–N with tert-alkyl or cyclic N) is 1. The minimum absolute atomic E-state index is 0. The van der Waals surface area contributed by atoms with Crippen molar-refractivity contribution in [1.29, 1.82) is 5.26 Å². The molecule has 0 spiro atoms. The molecule has 2 aromatic rings. The molecule has 0 saturated heterocycles. The molecule has 0 fully saturated rings. The molecule has 11 nitrogen and oxygen atoms in total. The van der Waals surface area contributed by atoms with E-state index in [0.717, 1.165) is 21.7 Å². The Balaban J connectivity index is 0.00000432. The minimum Gasteiger partial charge on any atom is -0.494 e. The number of aliphatic hydroxyl groups excluding tert-OH is 1. The third kappa shape index (κ3) is 5.88. The van der Waals surface area contributed by atoms with Gasteiger partial charge >= 0.3 is 0 Å². The molecule has 1 aromatic heterocycles. The van der Waals surface area contributed by atoms with Crippen LogP contribution in [0.4, 0.5) is 0 Å². The second-order valence-corrected chi connectivity index (χ2v) is 8.66. The minimum atomic E-state index is -4.46. The summed E-state index contributed by atoms with van der Waals surface area (Å²) < 4.78 is 32.5. The molecule has 0 saturated carbocycles. The van der Waals surface area contributed by atoms with Crippen molar-refractivity contribution in [2.24, 2.45) is 5.10 Å². The summed E-state index contributed by atoms with van der Waals surface area (Å²) in [6, 6.07) is 6.30. The van der Waals surface area contributed by atoms with E-state index >= 15 is 0 Å².